The minimum absolute atomic E-state index is 0.116. The molecule has 1 aromatic carbocycles. The third kappa shape index (κ3) is 5.35. The molecule has 3 heterocycles. The van der Waals surface area contributed by atoms with E-state index >= 15 is 0 Å². The molecule has 0 radical (unpaired) electrons. The Labute approximate surface area is 247 Å². The lowest BCUT2D eigenvalue weighted by molar-refractivity contribution is -0.125. The number of nitrogens with zero attached hydrogens (tertiary/aromatic N) is 6. The Balaban J connectivity index is 1.38. The van der Waals surface area contributed by atoms with Gasteiger partial charge in [0.1, 0.15) is 5.78 Å². The average Bonchev–Trinajstić information content (AvgIpc) is 3.71. The van der Waals surface area contributed by atoms with Crippen LogP contribution in [0.15, 0.2) is 47.0 Å². The first-order chi connectivity index (χ1) is 20.3. The second kappa shape index (κ2) is 11.3. The van der Waals surface area contributed by atoms with Gasteiger partial charge in [-0.15, -0.1) is 0 Å². The third-order valence-electron chi connectivity index (χ3n) is 9.43. The summed E-state index contributed by atoms with van der Waals surface area (Å²) in [6.07, 6.45) is 6.99. The number of anilines is 1. The smallest absolute Gasteiger partial charge is 0.189 e. The highest BCUT2D eigenvalue weighted by Crippen LogP contribution is 2.51. The van der Waals surface area contributed by atoms with Crippen LogP contribution in [0.3, 0.4) is 0 Å². The standard InChI is InChI=1S/C32H37FN6O2S/c1-22-29(23-9-11-24(12-10-23)38-16-18-42(41,35-2)19-17-38)30(37-39(22)31-27(33)8-5-15-36-31)26-7-4-3-6-25(26)28(40)20-32(21-34)13-14-32/h5,8-12,15,25-26H,3-4,6-7,13-14,16-20H2,1-2H3/t25-,26-/m1/s1. The molecular weight excluding hydrogens is 551 g/mol. The van der Waals surface area contributed by atoms with Crippen molar-refractivity contribution in [1.29, 1.82) is 5.26 Å². The van der Waals surface area contributed by atoms with Crippen LogP contribution in [0.5, 0.6) is 0 Å². The van der Waals surface area contributed by atoms with Gasteiger partial charge in [-0.05, 0) is 62.4 Å². The predicted octanol–water partition coefficient (Wildman–Crippen LogP) is 5.84. The Morgan fingerprint density at radius 3 is 2.52 bits per heavy atom. The predicted molar refractivity (Wildman–Crippen MR) is 162 cm³/mol. The number of carbonyl (C=O) groups excluding carboxylic acids is 1. The normalized spacial score (nSPS) is 22.8. The number of pyridine rings is 1. The highest BCUT2D eigenvalue weighted by molar-refractivity contribution is 7.93. The van der Waals surface area contributed by atoms with Gasteiger partial charge in [0, 0.05) is 77.1 Å². The molecule has 6 rings (SSSR count). The fourth-order valence-corrected chi connectivity index (χ4v) is 8.25. The molecule has 3 aliphatic rings. The first kappa shape index (κ1) is 28.5. The molecule has 3 fully saturated rings. The average molecular weight is 589 g/mol. The number of benzene rings is 1. The number of nitriles is 1. The SMILES string of the molecule is CN=S1(=O)CCN(c2ccc(-c3c([C@@H]4CCCC[C@H]4C(=O)CC4(C#N)CC4)nn(-c4ncccc4F)c3C)cc2)CC1. The summed E-state index contributed by atoms with van der Waals surface area (Å²) in [7, 11) is -0.462. The van der Waals surface area contributed by atoms with Crippen molar-refractivity contribution in [1.82, 2.24) is 14.8 Å². The number of aromatic nitrogens is 3. The largest absolute Gasteiger partial charge is 0.370 e. The summed E-state index contributed by atoms with van der Waals surface area (Å²) >= 11 is 0. The van der Waals surface area contributed by atoms with Gasteiger partial charge < -0.3 is 4.90 Å². The number of carbonyl (C=O) groups is 1. The molecule has 0 unspecified atom stereocenters. The lowest BCUT2D eigenvalue weighted by Gasteiger charge is -2.31. The molecular formula is C32H37FN6O2S. The maximum Gasteiger partial charge on any atom is 0.189 e. The van der Waals surface area contributed by atoms with Crippen LogP contribution in [-0.4, -0.2) is 56.4 Å². The van der Waals surface area contributed by atoms with Gasteiger partial charge in [-0.2, -0.15) is 10.4 Å². The fourth-order valence-electron chi connectivity index (χ4n) is 6.67. The van der Waals surface area contributed by atoms with E-state index in [2.05, 4.69) is 44.6 Å². The molecule has 0 amide bonds. The molecule has 2 atom stereocenters. The monoisotopic (exact) mass is 588 g/mol. The van der Waals surface area contributed by atoms with Crippen LogP contribution >= 0.6 is 0 Å². The third-order valence-corrected chi connectivity index (χ3v) is 11.7. The Morgan fingerprint density at radius 1 is 1.17 bits per heavy atom. The van der Waals surface area contributed by atoms with E-state index in [1.165, 1.54) is 6.07 Å². The molecule has 10 heteroatoms. The van der Waals surface area contributed by atoms with E-state index < -0.39 is 21.0 Å². The molecule has 1 saturated heterocycles. The lowest BCUT2D eigenvalue weighted by Crippen LogP contribution is -2.40. The maximum atomic E-state index is 15.0. The summed E-state index contributed by atoms with van der Waals surface area (Å²) in [6, 6.07) is 13.6. The number of Topliss-reactive ketones (excluding diaryl/α,β-unsaturated/α-hetero) is 1. The molecule has 8 nitrogen and oxygen atoms in total. The Morgan fingerprint density at radius 2 is 1.88 bits per heavy atom. The highest BCUT2D eigenvalue weighted by atomic mass is 32.2. The number of rotatable bonds is 7. The first-order valence-electron chi connectivity index (χ1n) is 14.9. The first-order valence-corrected chi connectivity index (χ1v) is 16.7. The summed E-state index contributed by atoms with van der Waals surface area (Å²) in [5.74, 6) is 0.607. The minimum atomic E-state index is -2.10. The van der Waals surface area contributed by atoms with Gasteiger partial charge in [-0.25, -0.2) is 22.6 Å². The van der Waals surface area contributed by atoms with E-state index in [1.807, 2.05) is 6.92 Å². The van der Waals surface area contributed by atoms with Gasteiger partial charge in [0.15, 0.2) is 11.6 Å². The number of hydrogen-bond acceptors (Lipinski definition) is 7. The Kier molecular flexibility index (Phi) is 7.64. The van der Waals surface area contributed by atoms with Crippen molar-refractivity contribution in [2.45, 2.75) is 57.8 Å². The molecule has 42 heavy (non-hydrogen) atoms. The Hall–Kier alpha value is -3.58. The zero-order chi connectivity index (χ0) is 29.5. The zero-order valence-corrected chi connectivity index (χ0v) is 25.1. The number of halogens is 1. The Bertz CT molecular complexity index is 1650. The van der Waals surface area contributed by atoms with Crippen molar-refractivity contribution < 1.29 is 13.4 Å². The summed E-state index contributed by atoms with van der Waals surface area (Å²) in [5.41, 5.74) is 3.99. The van der Waals surface area contributed by atoms with Gasteiger partial charge in [-0.1, -0.05) is 25.0 Å². The summed E-state index contributed by atoms with van der Waals surface area (Å²) < 4.78 is 33.3. The van der Waals surface area contributed by atoms with Crippen LogP contribution < -0.4 is 4.90 Å². The van der Waals surface area contributed by atoms with Gasteiger partial charge in [0.2, 0.25) is 0 Å². The summed E-state index contributed by atoms with van der Waals surface area (Å²) in [4.78, 5) is 20.2. The molecule has 0 N–H and O–H groups in total. The fraction of sp³-hybridized carbons (Fsp3) is 0.500. The van der Waals surface area contributed by atoms with Gasteiger partial charge in [0.05, 0.1) is 22.9 Å². The highest BCUT2D eigenvalue weighted by Gasteiger charge is 2.47. The van der Waals surface area contributed by atoms with Crippen molar-refractivity contribution in [3.63, 3.8) is 0 Å². The molecule has 220 valence electrons. The topological polar surface area (TPSA) is 104 Å². The van der Waals surface area contributed by atoms with E-state index in [9.17, 15) is 18.7 Å². The quantitative estimate of drug-likeness (QED) is 0.344. The molecule has 1 aliphatic heterocycles. The van der Waals surface area contributed by atoms with Crippen LogP contribution in [0.1, 0.15) is 62.3 Å². The molecule has 2 aromatic heterocycles. The van der Waals surface area contributed by atoms with E-state index in [0.717, 1.165) is 66.7 Å². The van der Waals surface area contributed by atoms with Crippen molar-refractivity contribution >= 4 is 21.2 Å². The van der Waals surface area contributed by atoms with Gasteiger partial charge in [-0.3, -0.25) is 4.79 Å². The van der Waals surface area contributed by atoms with Crippen molar-refractivity contribution in [2.24, 2.45) is 15.7 Å². The minimum Gasteiger partial charge on any atom is -0.370 e. The van der Waals surface area contributed by atoms with Gasteiger partial charge >= 0.3 is 0 Å². The van der Waals surface area contributed by atoms with Crippen LogP contribution in [0, 0.1) is 35.4 Å². The van der Waals surface area contributed by atoms with Crippen LogP contribution in [0.25, 0.3) is 16.9 Å². The molecule has 2 aliphatic carbocycles. The van der Waals surface area contributed by atoms with Crippen LogP contribution in [-0.2, 0) is 14.5 Å². The van der Waals surface area contributed by atoms with E-state index in [-0.39, 0.29) is 23.4 Å². The van der Waals surface area contributed by atoms with E-state index in [1.54, 1.807) is 24.0 Å². The van der Waals surface area contributed by atoms with Gasteiger partial charge in [0.25, 0.3) is 0 Å². The van der Waals surface area contributed by atoms with Crippen LogP contribution in [0.2, 0.25) is 0 Å². The number of hydrogen-bond donors (Lipinski definition) is 0. The van der Waals surface area contributed by atoms with Crippen molar-refractivity contribution in [3.8, 4) is 23.0 Å². The second-order valence-electron chi connectivity index (χ2n) is 12.0. The molecule has 3 aromatic rings. The molecule has 2 saturated carbocycles. The second-order valence-corrected chi connectivity index (χ2v) is 14.7. The molecule has 0 bridgehead atoms. The summed E-state index contributed by atoms with van der Waals surface area (Å²) in [6.45, 7) is 3.30. The van der Waals surface area contributed by atoms with E-state index in [4.69, 9.17) is 5.10 Å². The van der Waals surface area contributed by atoms with Crippen molar-refractivity contribution in [2.75, 3.05) is 36.5 Å². The van der Waals surface area contributed by atoms with E-state index in [0.29, 0.717) is 31.0 Å². The van der Waals surface area contributed by atoms with Crippen LogP contribution in [0.4, 0.5) is 10.1 Å². The lowest BCUT2D eigenvalue weighted by atomic mass is 9.72. The maximum absolute atomic E-state index is 15.0. The molecule has 0 spiro atoms. The summed E-state index contributed by atoms with van der Waals surface area (Å²) in [5, 5.41) is 14.6. The zero-order valence-electron chi connectivity index (χ0n) is 24.3. The number of ketones is 1. The van der Waals surface area contributed by atoms with Crippen molar-refractivity contribution in [3.05, 3.63) is 59.8 Å².